The summed E-state index contributed by atoms with van der Waals surface area (Å²) in [5, 5.41) is 0. The fourth-order valence-electron chi connectivity index (χ4n) is 1.18. The largest absolute Gasteiger partial charge is 0.0985 e. The Labute approximate surface area is 139 Å². The molecule has 0 spiro atoms. The lowest BCUT2D eigenvalue weighted by Crippen LogP contribution is -1.63. The van der Waals surface area contributed by atoms with Gasteiger partial charge >= 0.3 is 0 Å². The van der Waals surface area contributed by atoms with Gasteiger partial charge in [0.15, 0.2) is 0 Å². The molecule has 2 aromatic rings. The zero-order valence-electron chi connectivity index (χ0n) is 15.3. The predicted molar refractivity (Wildman–Crippen MR) is 107 cm³/mol. The van der Waals surface area contributed by atoms with Crippen LogP contribution in [0.1, 0.15) is 52.7 Å². The summed E-state index contributed by atoms with van der Waals surface area (Å²) in [6, 6.07) is 20.1. The van der Waals surface area contributed by atoms with Crippen molar-refractivity contribution >= 4 is 12.2 Å². The minimum Gasteiger partial charge on any atom is -0.0985 e. The summed E-state index contributed by atoms with van der Waals surface area (Å²) in [7, 11) is 0. The van der Waals surface area contributed by atoms with Crippen LogP contribution in [-0.2, 0) is 0 Å². The van der Waals surface area contributed by atoms with Gasteiger partial charge in [0.05, 0.1) is 0 Å². The summed E-state index contributed by atoms with van der Waals surface area (Å²) in [4.78, 5) is 0. The standard InChI is InChI=1S/2C8H8.3C2H6/c2*1-2-8-6-4-3-5-7-8;3*1-2/h2*2-7H,1H2;3*1-2H3. The summed E-state index contributed by atoms with van der Waals surface area (Å²) >= 11 is 0. The lowest BCUT2D eigenvalue weighted by molar-refractivity contribution is 1.50. The van der Waals surface area contributed by atoms with E-state index in [1.807, 2.05) is 114 Å². The van der Waals surface area contributed by atoms with Crippen LogP contribution in [0, 0.1) is 0 Å². The second kappa shape index (κ2) is 24.0. The van der Waals surface area contributed by atoms with Crippen LogP contribution in [0.4, 0.5) is 0 Å². The average molecular weight is 299 g/mol. The quantitative estimate of drug-likeness (QED) is 0.532. The van der Waals surface area contributed by atoms with E-state index in [9.17, 15) is 0 Å². The van der Waals surface area contributed by atoms with Crippen molar-refractivity contribution in [2.24, 2.45) is 0 Å². The maximum Gasteiger partial charge on any atom is -0.0263 e. The van der Waals surface area contributed by atoms with Gasteiger partial charge in [0.2, 0.25) is 0 Å². The lowest BCUT2D eigenvalue weighted by Gasteiger charge is -1.85. The molecular weight excluding hydrogens is 264 g/mol. The van der Waals surface area contributed by atoms with Crippen LogP contribution in [0.5, 0.6) is 0 Å². The van der Waals surface area contributed by atoms with E-state index in [0.717, 1.165) is 0 Å². The molecular formula is C22H34. The van der Waals surface area contributed by atoms with E-state index < -0.39 is 0 Å². The molecule has 2 aromatic carbocycles. The van der Waals surface area contributed by atoms with Crippen molar-refractivity contribution in [2.75, 3.05) is 0 Å². The third-order valence-corrected chi connectivity index (χ3v) is 2.07. The minimum atomic E-state index is 1.17. The highest BCUT2D eigenvalue weighted by Crippen LogP contribution is 1.98. The Morgan fingerprint density at radius 1 is 0.500 bits per heavy atom. The molecule has 0 bridgehead atoms. The Bertz CT molecular complexity index is 369. The van der Waals surface area contributed by atoms with Gasteiger partial charge in [-0.1, -0.05) is 128 Å². The van der Waals surface area contributed by atoms with E-state index in [-0.39, 0.29) is 0 Å². The Morgan fingerprint density at radius 2 is 0.727 bits per heavy atom. The fraction of sp³-hybridized carbons (Fsp3) is 0.273. The fourth-order valence-corrected chi connectivity index (χ4v) is 1.18. The molecule has 0 heterocycles. The highest BCUT2D eigenvalue weighted by molar-refractivity contribution is 5.46. The van der Waals surface area contributed by atoms with Crippen molar-refractivity contribution < 1.29 is 0 Å². The van der Waals surface area contributed by atoms with Gasteiger partial charge in [-0.3, -0.25) is 0 Å². The second-order valence-corrected chi connectivity index (χ2v) is 3.23. The Hall–Kier alpha value is -2.08. The molecule has 122 valence electrons. The third-order valence-electron chi connectivity index (χ3n) is 2.07. The first kappa shape index (κ1) is 24.9. The maximum absolute atomic E-state index is 3.63. The van der Waals surface area contributed by atoms with Crippen LogP contribution < -0.4 is 0 Å². The number of hydrogen-bond acceptors (Lipinski definition) is 0. The molecule has 0 N–H and O–H groups in total. The zero-order chi connectivity index (χ0) is 17.6. The molecule has 0 aliphatic rings. The van der Waals surface area contributed by atoms with Crippen LogP contribution in [0.2, 0.25) is 0 Å². The van der Waals surface area contributed by atoms with Crippen molar-refractivity contribution in [3.63, 3.8) is 0 Å². The molecule has 0 saturated heterocycles. The first-order valence-electron chi connectivity index (χ1n) is 8.22. The normalized spacial score (nSPS) is 7.00. The Morgan fingerprint density at radius 3 is 0.864 bits per heavy atom. The van der Waals surface area contributed by atoms with Gasteiger partial charge in [-0.2, -0.15) is 0 Å². The van der Waals surface area contributed by atoms with Crippen LogP contribution >= 0.6 is 0 Å². The van der Waals surface area contributed by atoms with Crippen molar-refractivity contribution in [2.45, 2.75) is 41.5 Å². The second-order valence-electron chi connectivity index (χ2n) is 3.23. The lowest BCUT2D eigenvalue weighted by atomic mass is 10.2. The molecule has 0 nitrogen and oxygen atoms in total. The van der Waals surface area contributed by atoms with E-state index in [2.05, 4.69) is 13.2 Å². The molecule has 0 aliphatic heterocycles. The van der Waals surface area contributed by atoms with Crippen molar-refractivity contribution in [3.05, 3.63) is 84.9 Å². The minimum absolute atomic E-state index is 1.17. The van der Waals surface area contributed by atoms with E-state index >= 15 is 0 Å². The van der Waals surface area contributed by atoms with Crippen LogP contribution in [0.25, 0.3) is 12.2 Å². The van der Waals surface area contributed by atoms with Gasteiger partial charge in [0.1, 0.15) is 0 Å². The molecule has 2 rings (SSSR count). The topological polar surface area (TPSA) is 0 Å². The van der Waals surface area contributed by atoms with Crippen LogP contribution in [0.3, 0.4) is 0 Å². The summed E-state index contributed by atoms with van der Waals surface area (Å²) in [6.07, 6.45) is 3.67. The van der Waals surface area contributed by atoms with E-state index in [4.69, 9.17) is 0 Å². The molecule has 0 fully saturated rings. The molecule has 22 heavy (non-hydrogen) atoms. The van der Waals surface area contributed by atoms with Crippen molar-refractivity contribution in [1.82, 2.24) is 0 Å². The summed E-state index contributed by atoms with van der Waals surface area (Å²) in [6.45, 7) is 19.3. The zero-order valence-corrected chi connectivity index (χ0v) is 15.3. The van der Waals surface area contributed by atoms with Crippen molar-refractivity contribution in [3.8, 4) is 0 Å². The highest BCUT2D eigenvalue weighted by atomic mass is 13.8. The SMILES string of the molecule is C=Cc1ccccc1.C=Cc1ccccc1.CC.CC.CC. The number of hydrogen-bond donors (Lipinski definition) is 0. The summed E-state index contributed by atoms with van der Waals surface area (Å²) in [5.41, 5.74) is 2.35. The van der Waals surface area contributed by atoms with Gasteiger partial charge in [0, 0.05) is 0 Å². The molecule has 0 unspecified atom stereocenters. The molecule has 0 saturated carbocycles. The van der Waals surface area contributed by atoms with Gasteiger partial charge in [0.25, 0.3) is 0 Å². The molecule has 0 heteroatoms. The van der Waals surface area contributed by atoms with Crippen LogP contribution in [0.15, 0.2) is 73.8 Å². The maximum atomic E-state index is 3.63. The first-order valence-corrected chi connectivity index (χ1v) is 8.22. The van der Waals surface area contributed by atoms with E-state index in [0.29, 0.717) is 0 Å². The molecule has 0 amide bonds. The van der Waals surface area contributed by atoms with Gasteiger partial charge < -0.3 is 0 Å². The van der Waals surface area contributed by atoms with Gasteiger partial charge in [-0.25, -0.2) is 0 Å². The predicted octanol–water partition coefficient (Wildman–Crippen LogP) is 7.74. The third kappa shape index (κ3) is 16.0. The Kier molecular flexibility index (Phi) is 27.1. The molecule has 0 aliphatic carbocycles. The number of benzene rings is 2. The smallest absolute Gasteiger partial charge is 0.0263 e. The molecule has 0 radical (unpaired) electrons. The first-order chi connectivity index (χ1) is 10.9. The summed E-state index contributed by atoms with van der Waals surface area (Å²) in [5.74, 6) is 0. The number of rotatable bonds is 2. The Balaban J connectivity index is -0.000000246. The van der Waals surface area contributed by atoms with Gasteiger partial charge in [-0.05, 0) is 11.1 Å². The molecule has 0 aromatic heterocycles. The summed E-state index contributed by atoms with van der Waals surface area (Å²) < 4.78 is 0. The van der Waals surface area contributed by atoms with E-state index in [1.165, 1.54) is 11.1 Å². The highest BCUT2D eigenvalue weighted by Gasteiger charge is 1.76. The van der Waals surface area contributed by atoms with Crippen LogP contribution in [-0.4, -0.2) is 0 Å². The molecule has 0 atom stereocenters. The average Bonchev–Trinajstić information content (AvgIpc) is 2.68. The van der Waals surface area contributed by atoms with Gasteiger partial charge in [-0.15, -0.1) is 0 Å². The van der Waals surface area contributed by atoms with E-state index in [1.54, 1.807) is 0 Å². The van der Waals surface area contributed by atoms with Crippen molar-refractivity contribution in [1.29, 1.82) is 0 Å². The monoisotopic (exact) mass is 298 g/mol.